The quantitative estimate of drug-likeness (QED) is 0.651. The van der Waals surface area contributed by atoms with Gasteiger partial charge in [-0.2, -0.15) is 0 Å². The summed E-state index contributed by atoms with van der Waals surface area (Å²) in [4.78, 5) is 0. The van der Waals surface area contributed by atoms with Gasteiger partial charge >= 0.3 is 0 Å². The van der Waals surface area contributed by atoms with E-state index in [0.29, 0.717) is 0 Å². The maximum atomic E-state index is 5.66. The molecule has 17 heavy (non-hydrogen) atoms. The summed E-state index contributed by atoms with van der Waals surface area (Å²) in [5.74, 6) is 0.732. The van der Waals surface area contributed by atoms with Crippen LogP contribution in [0.4, 0.5) is 17.3 Å². The third-order valence-corrected chi connectivity index (χ3v) is 2.60. The molecule has 0 aliphatic rings. The first-order chi connectivity index (χ1) is 8.31. The van der Waals surface area contributed by atoms with Gasteiger partial charge in [0.15, 0.2) is 5.88 Å². The molecular weight excluding hydrogens is 212 g/mol. The highest BCUT2D eigenvalue weighted by Crippen LogP contribution is 2.25. The summed E-state index contributed by atoms with van der Waals surface area (Å²) >= 11 is 0. The average molecular weight is 224 g/mol. The smallest absolute Gasteiger partial charge is 0.198 e. The van der Waals surface area contributed by atoms with Crippen LogP contribution in [-0.4, -0.2) is 0 Å². The van der Waals surface area contributed by atoms with Gasteiger partial charge in [-0.1, -0.05) is 18.2 Å². The molecule has 0 saturated carbocycles. The first kappa shape index (κ1) is 9.78. The van der Waals surface area contributed by atoms with Crippen LogP contribution in [0.25, 0.3) is 11.0 Å². The number of furan rings is 1. The molecule has 0 fully saturated rings. The van der Waals surface area contributed by atoms with Crippen molar-refractivity contribution < 1.29 is 4.42 Å². The molecule has 2 aromatic carbocycles. The summed E-state index contributed by atoms with van der Waals surface area (Å²) in [6.45, 7) is 0. The molecule has 0 radical (unpaired) electrons. The first-order valence-corrected chi connectivity index (χ1v) is 5.42. The molecule has 3 heteroatoms. The maximum absolute atomic E-state index is 5.66. The Balaban J connectivity index is 1.92. The molecule has 3 nitrogen and oxygen atoms in total. The second kappa shape index (κ2) is 3.87. The van der Waals surface area contributed by atoms with Crippen LogP contribution < -0.4 is 11.1 Å². The molecule has 1 heterocycles. The number of hydrogen-bond donors (Lipinski definition) is 2. The van der Waals surface area contributed by atoms with Crippen LogP contribution in [0.1, 0.15) is 0 Å². The molecule has 0 atom stereocenters. The van der Waals surface area contributed by atoms with Crippen molar-refractivity contribution in [3.05, 3.63) is 54.6 Å². The summed E-state index contributed by atoms with van der Waals surface area (Å²) in [5, 5.41) is 4.29. The van der Waals surface area contributed by atoms with Crippen molar-refractivity contribution in [2.24, 2.45) is 0 Å². The fourth-order valence-corrected chi connectivity index (χ4v) is 1.75. The average Bonchev–Trinajstić information content (AvgIpc) is 2.74. The molecule has 0 aliphatic carbocycles. The van der Waals surface area contributed by atoms with E-state index < -0.39 is 0 Å². The molecule has 0 bridgehead atoms. The van der Waals surface area contributed by atoms with Crippen LogP contribution in [0, 0.1) is 0 Å². The minimum absolute atomic E-state index is 0.732. The number of benzene rings is 2. The zero-order valence-electron chi connectivity index (χ0n) is 9.18. The van der Waals surface area contributed by atoms with Crippen LogP contribution >= 0.6 is 0 Å². The van der Waals surface area contributed by atoms with Gasteiger partial charge in [0, 0.05) is 22.8 Å². The number of nitrogens with two attached hydrogens (primary N) is 1. The van der Waals surface area contributed by atoms with E-state index in [1.54, 1.807) is 0 Å². The van der Waals surface area contributed by atoms with E-state index in [1.165, 1.54) is 0 Å². The topological polar surface area (TPSA) is 51.2 Å². The van der Waals surface area contributed by atoms with Crippen LogP contribution in [-0.2, 0) is 0 Å². The predicted molar refractivity (Wildman–Crippen MR) is 70.4 cm³/mol. The number of nitrogen functional groups attached to an aromatic ring is 1. The fourth-order valence-electron chi connectivity index (χ4n) is 1.75. The molecule has 0 spiro atoms. The van der Waals surface area contributed by atoms with Crippen LogP contribution in [0.2, 0.25) is 0 Å². The van der Waals surface area contributed by atoms with E-state index in [0.717, 1.165) is 28.2 Å². The molecule has 3 aromatic rings. The third-order valence-electron chi connectivity index (χ3n) is 2.60. The van der Waals surface area contributed by atoms with Crippen molar-refractivity contribution in [3.8, 4) is 0 Å². The van der Waals surface area contributed by atoms with Gasteiger partial charge in [-0.25, -0.2) is 0 Å². The summed E-state index contributed by atoms with van der Waals surface area (Å²) in [5.41, 5.74) is 8.22. The van der Waals surface area contributed by atoms with E-state index in [1.807, 2.05) is 54.6 Å². The Kier molecular flexibility index (Phi) is 2.22. The predicted octanol–water partition coefficient (Wildman–Crippen LogP) is 3.76. The van der Waals surface area contributed by atoms with E-state index in [2.05, 4.69) is 5.32 Å². The molecular formula is C14H12N2O. The highest BCUT2D eigenvalue weighted by molar-refractivity contribution is 5.81. The lowest BCUT2D eigenvalue weighted by atomic mass is 10.2. The first-order valence-electron chi connectivity index (χ1n) is 5.42. The van der Waals surface area contributed by atoms with Crippen molar-refractivity contribution in [2.75, 3.05) is 11.1 Å². The lowest BCUT2D eigenvalue weighted by Crippen LogP contribution is -1.89. The number of rotatable bonds is 2. The van der Waals surface area contributed by atoms with Crippen LogP contribution in [0.3, 0.4) is 0 Å². The highest BCUT2D eigenvalue weighted by Gasteiger charge is 2.02. The number of para-hydroxylation sites is 1. The normalized spacial score (nSPS) is 10.6. The largest absolute Gasteiger partial charge is 0.440 e. The standard InChI is InChI=1S/C14H12N2O/c15-11-5-7-12(8-6-11)16-14-9-10-3-1-2-4-13(10)17-14/h1-9,16H,15H2. The molecule has 3 rings (SSSR count). The summed E-state index contributed by atoms with van der Waals surface area (Å²) in [6, 6.07) is 17.4. The summed E-state index contributed by atoms with van der Waals surface area (Å²) in [6.07, 6.45) is 0. The Hall–Kier alpha value is -2.42. The second-order valence-electron chi connectivity index (χ2n) is 3.90. The van der Waals surface area contributed by atoms with Crippen molar-refractivity contribution in [2.45, 2.75) is 0 Å². The van der Waals surface area contributed by atoms with E-state index in [-0.39, 0.29) is 0 Å². The minimum atomic E-state index is 0.732. The van der Waals surface area contributed by atoms with Gasteiger partial charge in [0.2, 0.25) is 0 Å². The molecule has 0 amide bonds. The van der Waals surface area contributed by atoms with E-state index >= 15 is 0 Å². The molecule has 0 aliphatic heterocycles. The van der Waals surface area contributed by atoms with E-state index in [9.17, 15) is 0 Å². The monoisotopic (exact) mass is 224 g/mol. The zero-order valence-corrected chi connectivity index (χ0v) is 9.18. The van der Waals surface area contributed by atoms with Crippen molar-refractivity contribution >= 4 is 28.2 Å². The molecule has 1 aromatic heterocycles. The van der Waals surface area contributed by atoms with Gasteiger partial charge in [-0.15, -0.1) is 0 Å². The van der Waals surface area contributed by atoms with Crippen LogP contribution in [0.5, 0.6) is 0 Å². The van der Waals surface area contributed by atoms with Gasteiger partial charge in [0.1, 0.15) is 5.58 Å². The second-order valence-corrected chi connectivity index (χ2v) is 3.90. The number of nitrogens with one attached hydrogen (secondary N) is 1. The van der Waals surface area contributed by atoms with E-state index in [4.69, 9.17) is 10.2 Å². The molecule has 0 saturated heterocycles. The Labute approximate surface area is 98.9 Å². The lowest BCUT2D eigenvalue weighted by molar-refractivity contribution is 0.634. The summed E-state index contributed by atoms with van der Waals surface area (Å²) in [7, 11) is 0. The Bertz CT molecular complexity index is 608. The lowest BCUT2D eigenvalue weighted by Gasteiger charge is -2.02. The third kappa shape index (κ3) is 1.95. The van der Waals surface area contributed by atoms with Gasteiger partial charge in [-0.3, -0.25) is 0 Å². The minimum Gasteiger partial charge on any atom is -0.440 e. The van der Waals surface area contributed by atoms with Crippen LogP contribution in [0.15, 0.2) is 59.0 Å². The molecule has 84 valence electrons. The summed E-state index contributed by atoms with van der Waals surface area (Å²) < 4.78 is 5.66. The highest BCUT2D eigenvalue weighted by atomic mass is 16.3. The van der Waals surface area contributed by atoms with Gasteiger partial charge in [0.25, 0.3) is 0 Å². The van der Waals surface area contributed by atoms with Crippen molar-refractivity contribution in [1.29, 1.82) is 0 Å². The van der Waals surface area contributed by atoms with Gasteiger partial charge in [0.05, 0.1) is 0 Å². The Morgan fingerprint density at radius 1 is 0.941 bits per heavy atom. The Morgan fingerprint density at radius 3 is 2.47 bits per heavy atom. The van der Waals surface area contributed by atoms with Crippen molar-refractivity contribution in [3.63, 3.8) is 0 Å². The van der Waals surface area contributed by atoms with Gasteiger partial charge < -0.3 is 15.5 Å². The molecule has 3 N–H and O–H groups in total. The SMILES string of the molecule is Nc1ccc(Nc2cc3ccccc3o2)cc1. The number of hydrogen-bond acceptors (Lipinski definition) is 3. The number of fused-ring (bicyclic) bond motifs is 1. The molecule has 0 unspecified atom stereocenters. The Morgan fingerprint density at radius 2 is 1.71 bits per heavy atom. The van der Waals surface area contributed by atoms with Gasteiger partial charge in [-0.05, 0) is 30.3 Å². The maximum Gasteiger partial charge on any atom is 0.198 e. The van der Waals surface area contributed by atoms with Crippen molar-refractivity contribution in [1.82, 2.24) is 0 Å². The zero-order chi connectivity index (χ0) is 11.7. The fraction of sp³-hybridized carbons (Fsp3) is 0. The number of anilines is 3.